The predicted octanol–water partition coefficient (Wildman–Crippen LogP) is 3.24. The van der Waals surface area contributed by atoms with E-state index >= 15 is 0 Å². The molecule has 0 bridgehead atoms. The van der Waals surface area contributed by atoms with E-state index in [2.05, 4.69) is 15.4 Å². The van der Waals surface area contributed by atoms with Crippen molar-refractivity contribution in [3.8, 4) is 0 Å². The fraction of sp³-hybridized carbons (Fsp3) is 0.154. The molecule has 5 nitrogen and oxygen atoms in total. The first kappa shape index (κ1) is 13.1. The highest BCUT2D eigenvalue weighted by molar-refractivity contribution is 7.22. The summed E-state index contributed by atoms with van der Waals surface area (Å²) in [4.78, 5) is 16.5. The Balaban J connectivity index is 1.89. The summed E-state index contributed by atoms with van der Waals surface area (Å²) in [5.74, 6) is -0.256. The smallest absolute Gasteiger partial charge is 0.278 e. The number of amides is 1. The van der Waals surface area contributed by atoms with Crippen LogP contribution in [0.2, 0.25) is 5.02 Å². The van der Waals surface area contributed by atoms with Crippen LogP contribution >= 0.6 is 22.9 Å². The molecule has 2 aromatic heterocycles. The van der Waals surface area contributed by atoms with Crippen molar-refractivity contribution in [2.45, 2.75) is 6.92 Å². The van der Waals surface area contributed by atoms with Crippen LogP contribution in [0, 0.1) is 6.92 Å². The van der Waals surface area contributed by atoms with Crippen LogP contribution in [-0.4, -0.2) is 20.7 Å². The van der Waals surface area contributed by atoms with Gasteiger partial charge < -0.3 is 0 Å². The van der Waals surface area contributed by atoms with Crippen LogP contribution in [-0.2, 0) is 7.05 Å². The summed E-state index contributed by atoms with van der Waals surface area (Å²) < 4.78 is 2.55. The molecule has 7 heteroatoms. The summed E-state index contributed by atoms with van der Waals surface area (Å²) in [6.45, 7) is 1.85. The molecule has 0 aliphatic rings. The minimum Gasteiger partial charge on any atom is -0.296 e. The lowest BCUT2D eigenvalue weighted by Gasteiger charge is -1.98. The number of hydrogen-bond acceptors (Lipinski definition) is 4. The number of carbonyl (C=O) groups is 1. The van der Waals surface area contributed by atoms with E-state index in [1.165, 1.54) is 11.3 Å². The molecule has 3 aromatic rings. The number of anilines is 1. The van der Waals surface area contributed by atoms with E-state index < -0.39 is 0 Å². The SMILES string of the molecule is Cc1cn(C)nc1C(=O)Nc1nc2ccc(Cl)cc2s1. The summed E-state index contributed by atoms with van der Waals surface area (Å²) in [5, 5.41) is 8.10. The van der Waals surface area contributed by atoms with Crippen molar-refractivity contribution < 1.29 is 4.79 Å². The van der Waals surface area contributed by atoms with Crippen LogP contribution in [0.4, 0.5) is 5.13 Å². The van der Waals surface area contributed by atoms with Crippen molar-refractivity contribution in [2.75, 3.05) is 5.32 Å². The third-order valence-corrected chi connectivity index (χ3v) is 3.97. The van der Waals surface area contributed by atoms with Gasteiger partial charge in [0.15, 0.2) is 10.8 Å². The predicted molar refractivity (Wildman–Crippen MR) is 80.5 cm³/mol. The molecule has 0 saturated carbocycles. The van der Waals surface area contributed by atoms with Crippen molar-refractivity contribution in [3.05, 3.63) is 40.7 Å². The van der Waals surface area contributed by atoms with Crippen LogP contribution in [0.1, 0.15) is 16.1 Å². The summed E-state index contributed by atoms with van der Waals surface area (Å²) >= 11 is 7.32. The number of thiazole rings is 1. The molecular weight excluding hydrogens is 296 g/mol. The van der Waals surface area contributed by atoms with Gasteiger partial charge in [0.05, 0.1) is 10.2 Å². The topological polar surface area (TPSA) is 59.8 Å². The van der Waals surface area contributed by atoms with Crippen molar-refractivity contribution in [1.82, 2.24) is 14.8 Å². The highest BCUT2D eigenvalue weighted by Crippen LogP contribution is 2.28. The lowest BCUT2D eigenvalue weighted by atomic mass is 10.3. The molecular formula is C13H11ClN4OS. The molecule has 0 saturated heterocycles. The quantitative estimate of drug-likeness (QED) is 0.790. The molecule has 1 amide bonds. The number of aromatic nitrogens is 3. The molecule has 0 aliphatic heterocycles. The summed E-state index contributed by atoms with van der Waals surface area (Å²) in [7, 11) is 1.78. The average Bonchev–Trinajstić information content (AvgIpc) is 2.91. The molecule has 1 N–H and O–H groups in total. The van der Waals surface area contributed by atoms with Gasteiger partial charge in [-0.05, 0) is 25.1 Å². The van der Waals surface area contributed by atoms with Gasteiger partial charge in [-0.15, -0.1) is 0 Å². The van der Waals surface area contributed by atoms with E-state index in [9.17, 15) is 4.79 Å². The third-order valence-electron chi connectivity index (χ3n) is 2.80. The molecule has 0 fully saturated rings. The Labute approximate surface area is 124 Å². The molecule has 20 heavy (non-hydrogen) atoms. The first-order valence-corrected chi connectivity index (χ1v) is 7.10. The summed E-state index contributed by atoms with van der Waals surface area (Å²) in [6.07, 6.45) is 1.80. The zero-order valence-corrected chi connectivity index (χ0v) is 12.4. The van der Waals surface area contributed by atoms with E-state index in [0.29, 0.717) is 15.8 Å². The molecule has 0 unspecified atom stereocenters. The number of carbonyl (C=O) groups excluding carboxylic acids is 1. The fourth-order valence-corrected chi connectivity index (χ4v) is 3.08. The van der Waals surface area contributed by atoms with Crippen molar-refractivity contribution >= 4 is 44.2 Å². The Morgan fingerprint density at radius 1 is 1.45 bits per heavy atom. The fourth-order valence-electron chi connectivity index (χ4n) is 1.94. The lowest BCUT2D eigenvalue weighted by molar-refractivity contribution is 0.102. The van der Waals surface area contributed by atoms with Crippen LogP contribution in [0.3, 0.4) is 0 Å². The number of hydrogen-bond donors (Lipinski definition) is 1. The zero-order chi connectivity index (χ0) is 14.3. The molecule has 102 valence electrons. The first-order chi connectivity index (χ1) is 9.52. The first-order valence-electron chi connectivity index (χ1n) is 5.90. The van der Waals surface area contributed by atoms with Crippen LogP contribution in [0.15, 0.2) is 24.4 Å². The maximum absolute atomic E-state index is 12.1. The van der Waals surface area contributed by atoms with Gasteiger partial charge in [-0.25, -0.2) is 4.98 Å². The number of benzene rings is 1. The second-order valence-electron chi connectivity index (χ2n) is 4.42. The Hall–Kier alpha value is -1.92. The number of aryl methyl sites for hydroxylation is 2. The Bertz CT molecular complexity index is 808. The standard InChI is InChI=1S/C13H11ClN4OS/c1-7-6-18(2)17-11(7)12(19)16-13-15-9-4-3-8(14)5-10(9)20-13/h3-6H,1-2H3,(H,15,16,19). The van der Waals surface area contributed by atoms with Gasteiger partial charge in [-0.3, -0.25) is 14.8 Å². The summed E-state index contributed by atoms with van der Waals surface area (Å²) in [5.41, 5.74) is 2.05. The largest absolute Gasteiger partial charge is 0.296 e. The second-order valence-corrected chi connectivity index (χ2v) is 5.89. The van der Waals surface area contributed by atoms with Gasteiger partial charge in [0.2, 0.25) is 0 Å². The molecule has 0 aliphatic carbocycles. The molecule has 0 spiro atoms. The number of rotatable bonds is 2. The van der Waals surface area contributed by atoms with Gasteiger partial charge in [0.1, 0.15) is 0 Å². The van der Waals surface area contributed by atoms with E-state index in [0.717, 1.165) is 15.8 Å². The highest BCUT2D eigenvalue weighted by atomic mass is 35.5. The Morgan fingerprint density at radius 3 is 2.95 bits per heavy atom. The van der Waals surface area contributed by atoms with E-state index in [4.69, 9.17) is 11.6 Å². The number of nitrogens with one attached hydrogen (secondary N) is 1. The molecule has 0 atom stereocenters. The second kappa shape index (κ2) is 4.88. The van der Waals surface area contributed by atoms with E-state index in [-0.39, 0.29) is 5.91 Å². The van der Waals surface area contributed by atoms with Crippen LogP contribution in [0.5, 0.6) is 0 Å². The minimum absolute atomic E-state index is 0.256. The third kappa shape index (κ3) is 2.39. The maximum Gasteiger partial charge on any atom is 0.278 e. The number of halogens is 1. The Kier molecular flexibility index (Phi) is 3.19. The van der Waals surface area contributed by atoms with E-state index in [1.807, 2.05) is 19.1 Å². The normalized spacial score (nSPS) is 10.9. The Morgan fingerprint density at radius 2 is 2.25 bits per heavy atom. The average molecular weight is 307 g/mol. The highest BCUT2D eigenvalue weighted by Gasteiger charge is 2.15. The number of fused-ring (bicyclic) bond motifs is 1. The van der Waals surface area contributed by atoms with Gasteiger partial charge in [-0.2, -0.15) is 5.10 Å². The minimum atomic E-state index is -0.256. The molecule has 3 rings (SSSR count). The van der Waals surface area contributed by atoms with Gasteiger partial charge in [0.25, 0.3) is 5.91 Å². The molecule has 1 aromatic carbocycles. The molecule has 0 radical (unpaired) electrons. The zero-order valence-electron chi connectivity index (χ0n) is 10.8. The monoisotopic (exact) mass is 306 g/mol. The van der Waals surface area contributed by atoms with E-state index in [1.54, 1.807) is 24.0 Å². The van der Waals surface area contributed by atoms with Crippen LogP contribution < -0.4 is 5.32 Å². The summed E-state index contributed by atoms with van der Waals surface area (Å²) in [6, 6.07) is 5.43. The molecule has 2 heterocycles. The van der Waals surface area contributed by atoms with Crippen molar-refractivity contribution in [1.29, 1.82) is 0 Å². The van der Waals surface area contributed by atoms with Gasteiger partial charge >= 0.3 is 0 Å². The van der Waals surface area contributed by atoms with Gasteiger partial charge in [-0.1, -0.05) is 22.9 Å². The number of nitrogens with zero attached hydrogens (tertiary/aromatic N) is 3. The van der Waals surface area contributed by atoms with Crippen LogP contribution in [0.25, 0.3) is 10.2 Å². The van der Waals surface area contributed by atoms with Crippen molar-refractivity contribution in [3.63, 3.8) is 0 Å². The van der Waals surface area contributed by atoms with Gasteiger partial charge in [0, 0.05) is 23.8 Å². The lowest BCUT2D eigenvalue weighted by Crippen LogP contribution is -2.13. The van der Waals surface area contributed by atoms with Crippen molar-refractivity contribution in [2.24, 2.45) is 7.05 Å². The maximum atomic E-state index is 12.1.